The molecule has 2 bridgehead atoms. The van der Waals surface area contributed by atoms with Gasteiger partial charge in [-0.2, -0.15) is 0 Å². The van der Waals surface area contributed by atoms with E-state index < -0.39 is 0 Å². The van der Waals surface area contributed by atoms with E-state index in [2.05, 4.69) is 19.2 Å². The summed E-state index contributed by atoms with van der Waals surface area (Å²) in [5.41, 5.74) is 1.74. The van der Waals surface area contributed by atoms with Gasteiger partial charge in [0.2, 0.25) is 0 Å². The molecule has 0 nitrogen and oxygen atoms in total. The Morgan fingerprint density at radius 2 is 2.22 bits per heavy atom. The van der Waals surface area contributed by atoms with Gasteiger partial charge in [-0.1, -0.05) is 11.6 Å². The van der Waals surface area contributed by atoms with Crippen molar-refractivity contribution < 1.29 is 0 Å². The molecule has 9 heavy (non-hydrogen) atoms. The van der Waals surface area contributed by atoms with E-state index in [4.69, 9.17) is 0 Å². The number of hydrogen-bond donors (Lipinski definition) is 0. The van der Waals surface area contributed by atoms with Crippen LogP contribution in [0.2, 0.25) is 0 Å². The van der Waals surface area contributed by atoms with Crippen LogP contribution >= 0.6 is 0 Å². The van der Waals surface area contributed by atoms with E-state index in [0.29, 0.717) is 0 Å². The Bertz CT molecular complexity index is 122. The van der Waals surface area contributed by atoms with Crippen LogP contribution in [-0.4, -0.2) is 0 Å². The maximum absolute atomic E-state index is 3.00. The van der Waals surface area contributed by atoms with Crippen LogP contribution in [0, 0.1) is 5.92 Å². The fourth-order valence-electron chi connectivity index (χ4n) is 1.68. The second-order valence-electron chi connectivity index (χ2n) is 2.71. The molecular formula is C9H14. The third kappa shape index (κ3) is 1.24. The molecule has 0 heteroatoms. The molecule has 2 aliphatic rings. The van der Waals surface area contributed by atoms with Gasteiger partial charge < -0.3 is 0 Å². The van der Waals surface area contributed by atoms with Crippen LogP contribution < -0.4 is 0 Å². The first-order valence-electron chi connectivity index (χ1n) is 3.63. The van der Waals surface area contributed by atoms with Gasteiger partial charge in [-0.05, 0) is 31.6 Å². The van der Waals surface area contributed by atoms with Crippen molar-refractivity contribution in [3.05, 3.63) is 24.8 Å². The lowest BCUT2D eigenvalue weighted by atomic mass is 10.1. The van der Waals surface area contributed by atoms with Crippen molar-refractivity contribution in [3.63, 3.8) is 0 Å². The Hall–Kier alpha value is -0.520. The molecule has 1 atom stereocenters. The minimum absolute atomic E-state index is 1.08. The lowest BCUT2D eigenvalue weighted by molar-refractivity contribution is 0.576. The fraction of sp³-hybridized carbons (Fsp3) is 0.556. The largest absolute Gasteiger partial charge is 0.106 e. The van der Waals surface area contributed by atoms with Crippen LogP contribution in [0.5, 0.6) is 0 Å². The molecule has 2 aliphatic carbocycles. The lowest BCUT2D eigenvalue weighted by Gasteiger charge is -1.98. The van der Waals surface area contributed by atoms with Gasteiger partial charge in [0.05, 0.1) is 0 Å². The quantitative estimate of drug-likeness (QED) is 0.433. The summed E-state index contributed by atoms with van der Waals surface area (Å²) in [7, 11) is 0. The molecule has 0 radical (unpaired) electrons. The van der Waals surface area contributed by atoms with Gasteiger partial charge in [-0.15, -0.1) is 13.2 Å². The molecule has 0 saturated heterocycles. The highest BCUT2D eigenvalue weighted by Crippen LogP contribution is 2.38. The lowest BCUT2D eigenvalue weighted by Crippen LogP contribution is -1.85. The molecule has 0 aromatic rings. The minimum atomic E-state index is 1.08. The first kappa shape index (κ1) is 6.60. The zero-order chi connectivity index (χ0) is 6.69. The second-order valence-corrected chi connectivity index (χ2v) is 2.71. The predicted molar refractivity (Wildman–Crippen MR) is 41.3 cm³/mol. The van der Waals surface area contributed by atoms with Crippen LogP contribution in [0.3, 0.4) is 0 Å². The van der Waals surface area contributed by atoms with Gasteiger partial charge in [-0.3, -0.25) is 0 Å². The summed E-state index contributed by atoms with van der Waals surface area (Å²) in [6.07, 6.45) is 8.18. The van der Waals surface area contributed by atoms with Crippen molar-refractivity contribution in [2.45, 2.75) is 25.7 Å². The zero-order valence-corrected chi connectivity index (χ0v) is 5.90. The summed E-state index contributed by atoms with van der Waals surface area (Å²) in [5.74, 6) is 1.08. The average molecular weight is 122 g/mol. The van der Waals surface area contributed by atoms with E-state index >= 15 is 0 Å². The molecule has 0 aliphatic heterocycles. The maximum Gasteiger partial charge on any atom is -0.0289 e. The highest BCUT2D eigenvalue weighted by Gasteiger charge is 2.22. The standard InChI is InChI=1S/C7H10.C2H4/c1-2-7-4-3-6(1)5-7;1-2/h1,7H,2-5H2;1-2H2. The maximum atomic E-state index is 3.00. The highest BCUT2D eigenvalue weighted by molar-refractivity contribution is 5.15. The topological polar surface area (TPSA) is 0 Å². The molecule has 50 valence electrons. The molecule has 0 aromatic carbocycles. The van der Waals surface area contributed by atoms with E-state index in [-0.39, 0.29) is 0 Å². The van der Waals surface area contributed by atoms with Crippen molar-refractivity contribution in [2.24, 2.45) is 5.92 Å². The van der Waals surface area contributed by atoms with Gasteiger partial charge in [0.25, 0.3) is 0 Å². The van der Waals surface area contributed by atoms with Crippen LogP contribution in [0.4, 0.5) is 0 Å². The van der Waals surface area contributed by atoms with Crippen molar-refractivity contribution in [1.29, 1.82) is 0 Å². The van der Waals surface area contributed by atoms with Crippen molar-refractivity contribution in [3.8, 4) is 0 Å². The molecule has 0 amide bonds. The third-order valence-corrected chi connectivity index (χ3v) is 2.16. The second kappa shape index (κ2) is 2.86. The Morgan fingerprint density at radius 3 is 2.33 bits per heavy atom. The molecule has 2 rings (SSSR count). The van der Waals surface area contributed by atoms with Crippen LogP contribution in [-0.2, 0) is 0 Å². The first-order chi connectivity index (χ1) is 4.45. The van der Waals surface area contributed by atoms with E-state index in [9.17, 15) is 0 Å². The normalized spacial score (nSPS) is 28.9. The molecule has 0 N–H and O–H groups in total. The van der Waals surface area contributed by atoms with Gasteiger partial charge in [0, 0.05) is 0 Å². The monoisotopic (exact) mass is 122 g/mol. The molecular weight excluding hydrogens is 108 g/mol. The molecule has 1 fully saturated rings. The summed E-state index contributed by atoms with van der Waals surface area (Å²) in [6, 6.07) is 0. The van der Waals surface area contributed by atoms with Crippen LogP contribution in [0.15, 0.2) is 24.8 Å². The number of fused-ring (bicyclic) bond motifs is 2. The number of rotatable bonds is 0. The molecule has 1 unspecified atom stereocenters. The van der Waals surface area contributed by atoms with Crippen molar-refractivity contribution in [2.75, 3.05) is 0 Å². The molecule has 0 heterocycles. The zero-order valence-electron chi connectivity index (χ0n) is 5.90. The van der Waals surface area contributed by atoms with E-state index in [1.807, 2.05) is 0 Å². The molecule has 0 aromatic heterocycles. The highest BCUT2D eigenvalue weighted by atomic mass is 14.3. The predicted octanol–water partition coefficient (Wildman–Crippen LogP) is 2.92. The molecule has 0 spiro atoms. The van der Waals surface area contributed by atoms with Gasteiger partial charge in [0.1, 0.15) is 0 Å². The smallest absolute Gasteiger partial charge is 0.0289 e. The minimum Gasteiger partial charge on any atom is -0.106 e. The summed E-state index contributed by atoms with van der Waals surface area (Å²) in [4.78, 5) is 0. The van der Waals surface area contributed by atoms with Gasteiger partial charge in [0.15, 0.2) is 0 Å². The number of hydrogen-bond acceptors (Lipinski definition) is 0. The third-order valence-electron chi connectivity index (χ3n) is 2.16. The molecule has 1 saturated carbocycles. The Morgan fingerprint density at radius 1 is 1.44 bits per heavy atom. The van der Waals surface area contributed by atoms with E-state index in [1.165, 1.54) is 25.7 Å². The number of allylic oxidation sites excluding steroid dienone is 2. The van der Waals surface area contributed by atoms with Gasteiger partial charge in [-0.25, -0.2) is 0 Å². The fourth-order valence-corrected chi connectivity index (χ4v) is 1.68. The van der Waals surface area contributed by atoms with Crippen LogP contribution in [0.25, 0.3) is 0 Å². The van der Waals surface area contributed by atoms with Crippen molar-refractivity contribution >= 4 is 0 Å². The summed E-state index contributed by atoms with van der Waals surface area (Å²) in [5, 5.41) is 0. The Kier molecular flexibility index (Phi) is 2.10. The SMILES string of the molecule is C1=C2CCC(C1)C2.C=C. The first-order valence-corrected chi connectivity index (χ1v) is 3.63. The Labute approximate surface area is 57.3 Å². The van der Waals surface area contributed by atoms with Crippen LogP contribution in [0.1, 0.15) is 25.7 Å². The summed E-state index contributed by atoms with van der Waals surface area (Å²) >= 11 is 0. The summed E-state index contributed by atoms with van der Waals surface area (Å²) < 4.78 is 0. The Balaban J connectivity index is 0.000000186. The van der Waals surface area contributed by atoms with E-state index in [1.54, 1.807) is 5.57 Å². The van der Waals surface area contributed by atoms with E-state index in [0.717, 1.165) is 5.92 Å². The average Bonchev–Trinajstić information content (AvgIpc) is 2.53. The summed E-state index contributed by atoms with van der Waals surface area (Å²) in [6.45, 7) is 6.00. The van der Waals surface area contributed by atoms with Gasteiger partial charge >= 0.3 is 0 Å². The van der Waals surface area contributed by atoms with Crippen molar-refractivity contribution in [1.82, 2.24) is 0 Å².